The van der Waals surface area contributed by atoms with Gasteiger partial charge in [-0.3, -0.25) is 0 Å². The Kier molecular flexibility index (Phi) is 5.36. The van der Waals surface area contributed by atoms with Crippen molar-refractivity contribution in [3.8, 4) is 0 Å². The summed E-state index contributed by atoms with van der Waals surface area (Å²) in [6.45, 7) is 7.00. The zero-order valence-electron chi connectivity index (χ0n) is 16.1. The lowest BCUT2D eigenvalue weighted by atomic mass is 9.90. The van der Waals surface area contributed by atoms with Crippen LogP contribution in [0.4, 0.5) is 0 Å². The molecule has 4 atom stereocenters. The van der Waals surface area contributed by atoms with E-state index in [2.05, 4.69) is 78.9 Å². The van der Waals surface area contributed by atoms with Gasteiger partial charge in [0.2, 0.25) is 0 Å². The number of alkyl halides is 1. The van der Waals surface area contributed by atoms with Crippen LogP contribution < -0.4 is 0 Å². The Bertz CT molecular complexity index is 803. The molecule has 1 N–H and O–H groups in total. The highest BCUT2D eigenvalue weighted by molar-refractivity contribution is 14.1. The average molecular weight is 478 g/mol. The highest BCUT2D eigenvalue weighted by atomic mass is 127. The lowest BCUT2D eigenvalue weighted by molar-refractivity contribution is -0.291. The van der Waals surface area contributed by atoms with Gasteiger partial charge in [0.25, 0.3) is 0 Å². The van der Waals surface area contributed by atoms with Crippen LogP contribution in [0.25, 0.3) is 0 Å². The summed E-state index contributed by atoms with van der Waals surface area (Å²) < 4.78 is 12.5. The molecule has 0 radical (unpaired) electrons. The fraction of sp³-hybridized carbons (Fsp3) is 0.478. The van der Waals surface area contributed by atoms with Crippen molar-refractivity contribution in [2.45, 2.75) is 68.1 Å². The van der Waals surface area contributed by atoms with Gasteiger partial charge in [0.05, 0.1) is 22.7 Å². The first-order valence-corrected chi connectivity index (χ1v) is 11.0. The molecule has 0 aliphatic carbocycles. The van der Waals surface area contributed by atoms with E-state index >= 15 is 0 Å². The zero-order chi connectivity index (χ0) is 19.2. The molecule has 4 heteroatoms. The molecule has 0 unspecified atom stereocenters. The molecule has 2 aliphatic heterocycles. The number of ether oxygens (including phenoxy) is 2. The molecule has 2 aliphatic rings. The zero-order valence-corrected chi connectivity index (χ0v) is 18.3. The Morgan fingerprint density at radius 1 is 1.15 bits per heavy atom. The van der Waals surface area contributed by atoms with E-state index in [4.69, 9.17) is 9.47 Å². The van der Waals surface area contributed by atoms with E-state index < -0.39 is 11.9 Å². The predicted molar refractivity (Wildman–Crippen MR) is 115 cm³/mol. The fourth-order valence-electron chi connectivity index (χ4n) is 4.12. The monoisotopic (exact) mass is 478 g/mol. The van der Waals surface area contributed by atoms with Gasteiger partial charge in [-0.15, -0.1) is 0 Å². The molecule has 0 aromatic heterocycles. The van der Waals surface area contributed by atoms with Crippen molar-refractivity contribution in [2.24, 2.45) is 0 Å². The molecule has 2 heterocycles. The Labute approximate surface area is 175 Å². The van der Waals surface area contributed by atoms with Crippen LogP contribution >= 0.6 is 22.6 Å². The molecule has 0 amide bonds. The lowest BCUT2D eigenvalue weighted by Gasteiger charge is -2.42. The topological polar surface area (TPSA) is 38.7 Å². The molecule has 1 fully saturated rings. The summed E-state index contributed by atoms with van der Waals surface area (Å²) in [7, 11) is 0. The first-order chi connectivity index (χ1) is 12.9. The maximum atomic E-state index is 10.5. The molecule has 1 saturated heterocycles. The van der Waals surface area contributed by atoms with E-state index in [0.717, 1.165) is 12.0 Å². The van der Waals surface area contributed by atoms with Crippen LogP contribution in [0.1, 0.15) is 60.9 Å². The SMILES string of the molecule is CC(C)c1ccc(Cc2ccc3c(c2)[C@]2(C[C@@H](O)[C@@H](I)[C@@H](C)O2)OC3)cc1. The summed E-state index contributed by atoms with van der Waals surface area (Å²) in [5.74, 6) is -0.248. The van der Waals surface area contributed by atoms with E-state index in [1.807, 2.05) is 6.92 Å². The molecule has 27 heavy (non-hydrogen) atoms. The average Bonchev–Trinajstić information content (AvgIpc) is 2.98. The Hall–Kier alpha value is -0.950. The van der Waals surface area contributed by atoms with Crippen LogP contribution in [0.2, 0.25) is 0 Å². The Balaban J connectivity index is 1.60. The molecular formula is C23H27IO3. The minimum absolute atomic E-state index is 0.0486. The number of hydrogen-bond acceptors (Lipinski definition) is 3. The maximum absolute atomic E-state index is 10.5. The van der Waals surface area contributed by atoms with E-state index in [1.54, 1.807) is 0 Å². The Morgan fingerprint density at radius 3 is 2.52 bits per heavy atom. The van der Waals surface area contributed by atoms with Gasteiger partial charge in [-0.1, -0.05) is 72.8 Å². The van der Waals surface area contributed by atoms with Crippen LogP contribution in [-0.4, -0.2) is 21.2 Å². The third kappa shape index (κ3) is 3.69. The van der Waals surface area contributed by atoms with Crippen LogP contribution in [0.3, 0.4) is 0 Å². The van der Waals surface area contributed by atoms with E-state index in [9.17, 15) is 5.11 Å². The largest absolute Gasteiger partial charge is 0.392 e. The van der Waals surface area contributed by atoms with Gasteiger partial charge < -0.3 is 14.6 Å². The van der Waals surface area contributed by atoms with Crippen molar-refractivity contribution in [2.75, 3.05) is 0 Å². The summed E-state index contributed by atoms with van der Waals surface area (Å²) in [4.78, 5) is 0. The second-order valence-electron chi connectivity index (χ2n) is 8.15. The molecule has 2 aromatic carbocycles. The van der Waals surface area contributed by atoms with Gasteiger partial charge in [-0.05, 0) is 47.6 Å². The number of rotatable bonds is 3. The summed E-state index contributed by atoms with van der Waals surface area (Å²) in [6.07, 6.45) is 0.902. The van der Waals surface area contributed by atoms with E-state index in [0.29, 0.717) is 18.9 Å². The van der Waals surface area contributed by atoms with Gasteiger partial charge in [0.1, 0.15) is 0 Å². The van der Waals surface area contributed by atoms with Gasteiger partial charge in [0.15, 0.2) is 5.79 Å². The smallest absolute Gasteiger partial charge is 0.198 e. The first kappa shape index (κ1) is 19.4. The number of benzene rings is 2. The van der Waals surface area contributed by atoms with Crippen molar-refractivity contribution in [3.05, 3.63) is 70.3 Å². The summed E-state index contributed by atoms with van der Waals surface area (Å²) in [5, 5.41) is 10.5. The third-order valence-electron chi connectivity index (χ3n) is 5.77. The maximum Gasteiger partial charge on any atom is 0.198 e. The third-order valence-corrected chi connectivity index (χ3v) is 7.61. The van der Waals surface area contributed by atoms with Crippen LogP contribution in [0.5, 0.6) is 0 Å². The van der Waals surface area contributed by atoms with Crippen molar-refractivity contribution >= 4 is 22.6 Å². The molecule has 0 saturated carbocycles. The highest BCUT2D eigenvalue weighted by Gasteiger charge is 2.50. The van der Waals surface area contributed by atoms with Crippen molar-refractivity contribution < 1.29 is 14.6 Å². The van der Waals surface area contributed by atoms with E-state index in [1.165, 1.54) is 22.3 Å². The number of aliphatic hydroxyl groups is 1. The quantitative estimate of drug-likeness (QED) is 0.496. The van der Waals surface area contributed by atoms with Crippen LogP contribution in [-0.2, 0) is 28.3 Å². The van der Waals surface area contributed by atoms with Crippen molar-refractivity contribution in [3.63, 3.8) is 0 Å². The minimum Gasteiger partial charge on any atom is -0.392 e. The van der Waals surface area contributed by atoms with Crippen LogP contribution in [0, 0.1) is 0 Å². The highest BCUT2D eigenvalue weighted by Crippen LogP contribution is 2.47. The summed E-state index contributed by atoms with van der Waals surface area (Å²) in [5.41, 5.74) is 6.18. The number of hydrogen-bond donors (Lipinski definition) is 1. The molecule has 0 bridgehead atoms. The van der Waals surface area contributed by atoms with Gasteiger partial charge in [-0.2, -0.15) is 0 Å². The standard InChI is InChI=1S/C23H27IO3/c1-14(2)18-7-4-16(5-8-18)10-17-6-9-19-13-26-23(20(19)11-17)12-21(25)22(24)15(3)27-23/h4-9,11,14-15,21-22,25H,10,12-13H2,1-3H3/t15-,21-,22+,23-/m1/s1. The second-order valence-corrected chi connectivity index (χ2v) is 9.58. The molecule has 4 rings (SSSR count). The second kappa shape index (κ2) is 7.47. The lowest BCUT2D eigenvalue weighted by Crippen LogP contribution is -2.49. The number of halogens is 1. The molecule has 3 nitrogen and oxygen atoms in total. The van der Waals surface area contributed by atoms with Gasteiger partial charge in [0, 0.05) is 12.0 Å². The molecule has 144 valence electrons. The summed E-state index contributed by atoms with van der Waals surface area (Å²) in [6, 6.07) is 15.4. The fourth-order valence-corrected chi connectivity index (χ4v) is 4.52. The van der Waals surface area contributed by atoms with Gasteiger partial charge in [-0.25, -0.2) is 0 Å². The van der Waals surface area contributed by atoms with Crippen molar-refractivity contribution in [1.29, 1.82) is 0 Å². The number of aliphatic hydroxyl groups excluding tert-OH is 1. The van der Waals surface area contributed by atoms with Crippen molar-refractivity contribution in [1.82, 2.24) is 0 Å². The number of fused-ring (bicyclic) bond motifs is 2. The molecule has 2 aromatic rings. The summed E-state index contributed by atoms with van der Waals surface area (Å²) >= 11 is 2.28. The van der Waals surface area contributed by atoms with Gasteiger partial charge >= 0.3 is 0 Å². The molecular weight excluding hydrogens is 451 g/mol. The van der Waals surface area contributed by atoms with Crippen LogP contribution in [0.15, 0.2) is 42.5 Å². The predicted octanol–water partition coefficient (Wildman–Crippen LogP) is 5.06. The molecule has 1 spiro atoms. The minimum atomic E-state index is -0.798. The Morgan fingerprint density at radius 2 is 1.85 bits per heavy atom. The van der Waals surface area contributed by atoms with E-state index in [-0.39, 0.29) is 10.0 Å². The first-order valence-electron chi connectivity index (χ1n) is 9.73. The normalized spacial score (nSPS) is 30.1.